The topological polar surface area (TPSA) is 46.5 Å². The summed E-state index contributed by atoms with van der Waals surface area (Å²) in [6, 6.07) is 21.1. The molecule has 0 bridgehead atoms. The minimum absolute atomic E-state index is 0.420. The maximum absolute atomic E-state index is 6.02. The van der Waals surface area contributed by atoms with Gasteiger partial charge in [-0.2, -0.15) is 5.10 Å². The van der Waals surface area contributed by atoms with Crippen LogP contribution in [-0.4, -0.2) is 11.2 Å². The number of hydrogen-bond acceptors (Lipinski definition) is 5. The molecule has 0 fully saturated rings. The van der Waals surface area contributed by atoms with Crippen molar-refractivity contribution >= 4 is 56.1 Å². The lowest BCUT2D eigenvalue weighted by atomic mass is 10.2. The van der Waals surface area contributed by atoms with Gasteiger partial charge in [-0.3, -0.25) is 5.43 Å². The summed E-state index contributed by atoms with van der Waals surface area (Å²) in [6.45, 7) is 0.420. The molecular formula is C21H15Cl2N3OS. The number of halogens is 2. The molecule has 0 aliphatic carbocycles. The number of rotatable bonds is 6. The standard InChI is InChI=1S/C21H15Cl2N3OS/c22-17-10-7-15(11-18(17)23)13-27-16-8-5-14(6-9-16)12-24-26-21-25-19-3-1-2-4-20(19)28-21/h1-12H,13H2,(H,25,26)/b24-12-. The molecule has 0 spiro atoms. The van der Waals surface area contributed by atoms with Crippen LogP contribution in [0.4, 0.5) is 5.13 Å². The Bertz CT molecular complexity index is 1090. The van der Waals surface area contributed by atoms with E-state index < -0.39 is 0 Å². The zero-order valence-corrected chi connectivity index (χ0v) is 16.9. The van der Waals surface area contributed by atoms with Crippen molar-refractivity contribution in [1.29, 1.82) is 0 Å². The Balaban J connectivity index is 1.33. The van der Waals surface area contributed by atoms with Crippen molar-refractivity contribution in [3.8, 4) is 5.75 Å². The average molecular weight is 428 g/mol. The third-order valence-corrected chi connectivity index (χ3v) is 5.62. The highest BCUT2D eigenvalue weighted by molar-refractivity contribution is 7.22. The summed E-state index contributed by atoms with van der Waals surface area (Å²) in [5.41, 5.74) is 5.85. The molecule has 140 valence electrons. The summed E-state index contributed by atoms with van der Waals surface area (Å²) in [7, 11) is 0. The Morgan fingerprint density at radius 1 is 1.00 bits per heavy atom. The second-order valence-corrected chi connectivity index (χ2v) is 7.81. The maximum atomic E-state index is 6.02. The summed E-state index contributed by atoms with van der Waals surface area (Å²) in [5.74, 6) is 0.766. The minimum Gasteiger partial charge on any atom is -0.489 e. The molecule has 7 heteroatoms. The molecule has 4 nitrogen and oxygen atoms in total. The number of aromatic nitrogens is 1. The first-order valence-electron chi connectivity index (χ1n) is 8.49. The lowest BCUT2D eigenvalue weighted by molar-refractivity contribution is 0.306. The predicted molar refractivity (Wildman–Crippen MR) is 118 cm³/mol. The molecule has 0 radical (unpaired) electrons. The number of anilines is 1. The SMILES string of the molecule is Clc1ccc(COc2ccc(/C=N\Nc3nc4ccccc4s3)cc2)cc1Cl. The van der Waals surface area contributed by atoms with Gasteiger partial charge in [0.25, 0.3) is 0 Å². The molecule has 4 rings (SSSR count). The number of para-hydroxylation sites is 1. The fraction of sp³-hybridized carbons (Fsp3) is 0.0476. The summed E-state index contributed by atoms with van der Waals surface area (Å²) >= 11 is 13.5. The Kier molecular flexibility index (Phi) is 5.76. The first-order valence-corrected chi connectivity index (χ1v) is 10.1. The molecule has 4 aromatic rings. The zero-order chi connectivity index (χ0) is 19.3. The van der Waals surface area contributed by atoms with Crippen molar-refractivity contribution in [2.45, 2.75) is 6.61 Å². The number of thiazole rings is 1. The van der Waals surface area contributed by atoms with Crippen LogP contribution >= 0.6 is 34.5 Å². The van der Waals surface area contributed by atoms with Crippen LogP contribution in [0.2, 0.25) is 10.0 Å². The molecule has 28 heavy (non-hydrogen) atoms. The predicted octanol–water partition coefficient (Wildman–Crippen LogP) is 6.63. The maximum Gasteiger partial charge on any atom is 0.204 e. The zero-order valence-electron chi connectivity index (χ0n) is 14.6. The van der Waals surface area contributed by atoms with Crippen LogP contribution in [0.15, 0.2) is 71.8 Å². The smallest absolute Gasteiger partial charge is 0.204 e. The van der Waals surface area contributed by atoms with Gasteiger partial charge in [0.05, 0.1) is 26.5 Å². The Hall–Kier alpha value is -2.60. The Morgan fingerprint density at radius 3 is 2.61 bits per heavy atom. The van der Waals surface area contributed by atoms with E-state index >= 15 is 0 Å². The van der Waals surface area contributed by atoms with Crippen LogP contribution in [0.25, 0.3) is 10.2 Å². The summed E-state index contributed by atoms with van der Waals surface area (Å²) in [6.07, 6.45) is 1.74. The van der Waals surface area contributed by atoms with Crippen molar-refractivity contribution in [2.24, 2.45) is 5.10 Å². The molecule has 1 aromatic heterocycles. The fourth-order valence-electron chi connectivity index (χ4n) is 2.53. The van der Waals surface area contributed by atoms with E-state index in [0.29, 0.717) is 16.7 Å². The van der Waals surface area contributed by atoms with Gasteiger partial charge in [-0.1, -0.05) is 52.7 Å². The molecule has 0 amide bonds. The van der Waals surface area contributed by atoms with Gasteiger partial charge in [0.15, 0.2) is 0 Å². The molecular weight excluding hydrogens is 413 g/mol. The highest BCUT2D eigenvalue weighted by Gasteiger charge is 2.02. The quantitative estimate of drug-likeness (QED) is 0.277. The second kappa shape index (κ2) is 8.61. The van der Waals surface area contributed by atoms with E-state index in [4.69, 9.17) is 27.9 Å². The number of fused-ring (bicyclic) bond motifs is 1. The van der Waals surface area contributed by atoms with Crippen LogP contribution in [0.3, 0.4) is 0 Å². The normalized spacial score (nSPS) is 11.2. The molecule has 1 N–H and O–H groups in total. The van der Waals surface area contributed by atoms with Gasteiger partial charge in [0.2, 0.25) is 5.13 Å². The Morgan fingerprint density at radius 2 is 1.82 bits per heavy atom. The van der Waals surface area contributed by atoms with Gasteiger partial charge in [0.1, 0.15) is 12.4 Å². The first kappa shape index (κ1) is 18.7. The van der Waals surface area contributed by atoms with Crippen LogP contribution in [0.1, 0.15) is 11.1 Å². The van der Waals surface area contributed by atoms with E-state index in [1.54, 1.807) is 29.7 Å². The van der Waals surface area contributed by atoms with Crippen molar-refractivity contribution in [1.82, 2.24) is 4.98 Å². The van der Waals surface area contributed by atoms with Crippen LogP contribution < -0.4 is 10.2 Å². The van der Waals surface area contributed by atoms with Crippen molar-refractivity contribution in [3.05, 3.63) is 87.9 Å². The summed E-state index contributed by atoms with van der Waals surface area (Å²) in [5, 5.41) is 6.07. The first-order chi connectivity index (χ1) is 13.7. The van der Waals surface area contributed by atoms with E-state index in [2.05, 4.69) is 15.5 Å². The van der Waals surface area contributed by atoms with Crippen LogP contribution in [-0.2, 0) is 6.61 Å². The minimum atomic E-state index is 0.420. The largest absolute Gasteiger partial charge is 0.489 e. The fourth-order valence-corrected chi connectivity index (χ4v) is 3.66. The van der Waals surface area contributed by atoms with Gasteiger partial charge < -0.3 is 4.74 Å². The highest BCUT2D eigenvalue weighted by atomic mass is 35.5. The second-order valence-electron chi connectivity index (χ2n) is 5.96. The molecule has 1 heterocycles. The molecule has 3 aromatic carbocycles. The average Bonchev–Trinajstić information content (AvgIpc) is 3.13. The number of ether oxygens (including phenoxy) is 1. The number of hydrogen-bond donors (Lipinski definition) is 1. The van der Waals surface area contributed by atoms with E-state index in [9.17, 15) is 0 Å². The highest BCUT2D eigenvalue weighted by Crippen LogP contribution is 2.25. The van der Waals surface area contributed by atoms with Gasteiger partial charge >= 0.3 is 0 Å². The molecule has 0 saturated heterocycles. The van der Waals surface area contributed by atoms with Gasteiger partial charge in [-0.15, -0.1) is 0 Å². The Labute approximate surface area is 176 Å². The number of nitrogens with zero attached hydrogens (tertiary/aromatic N) is 2. The van der Waals surface area contributed by atoms with E-state index in [0.717, 1.165) is 32.2 Å². The van der Waals surface area contributed by atoms with E-state index in [1.807, 2.05) is 54.6 Å². The van der Waals surface area contributed by atoms with Crippen molar-refractivity contribution in [2.75, 3.05) is 5.43 Å². The molecule has 0 aliphatic heterocycles. The molecule has 0 aliphatic rings. The van der Waals surface area contributed by atoms with Gasteiger partial charge in [0, 0.05) is 0 Å². The molecule has 0 saturated carbocycles. The third kappa shape index (κ3) is 4.62. The van der Waals surface area contributed by atoms with Gasteiger partial charge in [-0.05, 0) is 59.7 Å². The van der Waals surface area contributed by atoms with Crippen LogP contribution in [0, 0.1) is 0 Å². The van der Waals surface area contributed by atoms with Gasteiger partial charge in [-0.25, -0.2) is 4.98 Å². The number of hydrazone groups is 1. The van der Waals surface area contributed by atoms with E-state index in [-0.39, 0.29) is 0 Å². The van der Waals surface area contributed by atoms with Crippen LogP contribution in [0.5, 0.6) is 5.75 Å². The number of nitrogens with one attached hydrogen (secondary N) is 1. The summed E-state index contributed by atoms with van der Waals surface area (Å²) < 4.78 is 6.91. The lowest BCUT2D eigenvalue weighted by Crippen LogP contribution is -1.96. The number of benzene rings is 3. The van der Waals surface area contributed by atoms with Crippen molar-refractivity contribution in [3.63, 3.8) is 0 Å². The molecule has 0 unspecified atom stereocenters. The van der Waals surface area contributed by atoms with Crippen molar-refractivity contribution < 1.29 is 4.74 Å². The summed E-state index contributed by atoms with van der Waals surface area (Å²) in [4.78, 5) is 4.48. The van der Waals surface area contributed by atoms with E-state index in [1.165, 1.54) is 0 Å². The molecule has 0 atom stereocenters. The third-order valence-electron chi connectivity index (χ3n) is 3.94. The lowest BCUT2D eigenvalue weighted by Gasteiger charge is -2.07. The monoisotopic (exact) mass is 427 g/mol.